The van der Waals surface area contributed by atoms with E-state index >= 15 is 0 Å². The number of carboxylic acid groups (broad SMARTS) is 1. The molecule has 1 heterocycles. The Bertz CT molecular complexity index is 863. The molecule has 6 heteroatoms. The molecule has 0 atom stereocenters. The SMILES string of the molecule is Cc1c(C(=O)O)cccc1S(=O)(=O)N1CCc2ccccc2CC1. The normalized spacial score (nSPS) is 15.5. The van der Waals surface area contributed by atoms with Crippen LogP contribution in [-0.4, -0.2) is 36.9 Å². The minimum Gasteiger partial charge on any atom is -0.478 e. The van der Waals surface area contributed by atoms with Crippen LogP contribution in [0.25, 0.3) is 0 Å². The van der Waals surface area contributed by atoms with Crippen LogP contribution < -0.4 is 0 Å². The molecule has 0 fully saturated rings. The van der Waals surface area contributed by atoms with Gasteiger partial charge in [0.1, 0.15) is 0 Å². The quantitative estimate of drug-likeness (QED) is 0.927. The first-order valence-corrected chi connectivity index (χ1v) is 9.25. The monoisotopic (exact) mass is 345 g/mol. The van der Waals surface area contributed by atoms with E-state index in [0.29, 0.717) is 25.9 Å². The molecule has 0 saturated heterocycles. The number of carboxylic acids is 1. The van der Waals surface area contributed by atoms with Crippen LogP contribution in [0.15, 0.2) is 47.4 Å². The lowest BCUT2D eigenvalue weighted by molar-refractivity contribution is 0.0696. The van der Waals surface area contributed by atoms with E-state index in [1.54, 1.807) is 6.92 Å². The maximum Gasteiger partial charge on any atom is 0.335 e. The van der Waals surface area contributed by atoms with Gasteiger partial charge in [0.15, 0.2) is 0 Å². The van der Waals surface area contributed by atoms with Crippen molar-refractivity contribution in [3.63, 3.8) is 0 Å². The van der Waals surface area contributed by atoms with E-state index < -0.39 is 16.0 Å². The van der Waals surface area contributed by atoms with Crippen molar-refractivity contribution >= 4 is 16.0 Å². The summed E-state index contributed by atoms with van der Waals surface area (Å²) in [5.41, 5.74) is 2.65. The average molecular weight is 345 g/mol. The fraction of sp³-hybridized carbons (Fsp3) is 0.278. The van der Waals surface area contributed by atoms with E-state index in [2.05, 4.69) is 0 Å². The fourth-order valence-electron chi connectivity index (χ4n) is 3.15. The van der Waals surface area contributed by atoms with E-state index in [-0.39, 0.29) is 16.0 Å². The van der Waals surface area contributed by atoms with Crippen LogP contribution in [0, 0.1) is 6.92 Å². The third kappa shape index (κ3) is 2.95. The van der Waals surface area contributed by atoms with Crippen molar-refractivity contribution in [1.29, 1.82) is 0 Å². The van der Waals surface area contributed by atoms with Crippen LogP contribution >= 0.6 is 0 Å². The molecule has 24 heavy (non-hydrogen) atoms. The molecule has 0 radical (unpaired) electrons. The fourth-order valence-corrected chi connectivity index (χ4v) is 4.84. The highest BCUT2D eigenvalue weighted by molar-refractivity contribution is 7.89. The predicted molar refractivity (Wildman–Crippen MR) is 90.7 cm³/mol. The smallest absolute Gasteiger partial charge is 0.335 e. The zero-order valence-electron chi connectivity index (χ0n) is 13.4. The standard InChI is InChI=1S/C18H19NO4S/c1-13-16(18(20)21)7-4-8-17(13)24(22,23)19-11-9-14-5-2-3-6-15(14)10-12-19/h2-8H,9-12H2,1H3,(H,20,21). The molecule has 2 aromatic rings. The van der Waals surface area contributed by atoms with Crippen molar-refractivity contribution in [2.45, 2.75) is 24.7 Å². The summed E-state index contributed by atoms with van der Waals surface area (Å²) in [6, 6.07) is 12.4. The molecule has 126 valence electrons. The maximum atomic E-state index is 13.0. The van der Waals surface area contributed by atoms with Gasteiger partial charge in [-0.15, -0.1) is 0 Å². The molecule has 0 aliphatic carbocycles. The second kappa shape index (κ2) is 6.37. The highest BCUT2D eigenvalue weighted by atomic mass is 32.2. The molecule has 1 aliphatic rings. The average Bonchev–Trinajstić information content (AvgIpc) is 2.77. The molecule has 0 amide bonds. The lowest BCUT2D eigenvalue weighted by atomic mass is 10.0. The van der Waals surface area contributed by atoms with Gasteiger partial charge >= 0.3 is 5.97 Å². The number of hydrogen-bond donors (Lipinski definition) is 1. The summed E-state index contributed by atoms with van der Waals surface area (Å²) in [4.78, 5) is 11.3. The molecule has 0 spiro atoms. The van der Waals surface area contributed by atoms with E-state index in [4.69, 9.17) is 0 Å². The summed E-state index contributed by atoms with van der Waals surface area (Å²) in [5.74, 6) is -1.12. The molecule has 5 nitrogen and oxygen atoms in total. The van der Waals surface area contributed by atoms with Crippen molar-refractivity contribution in [1.82, 2.24) is 4.31 Å². The Morgan fingerprint density at radius 2 is 1.58 bits per heavy atom. The Hall–Kier alpha value is -2.18. The van der Waals surface area contributed by atoms with Crippen LogP contribution in [0.1, 0.15) is 27.0 Å². The van der Waals surface area contributed by atoms with Crippen molar-refractivity contribution < 1.29 is 18.3 Å². The second-order valence-corrected chi connectivity index (χ2v) is 7.81. The van der Waals surface area contributed by atoms with Crippen molar-refractivity contribution in [3.8, 4) is 0 Å². The van der Waals surface area contributed by atoms with Gasteiger partial charge in [0.25, 0.3) is 0 Å². The summed E-state index contributed by atoms with van der Waals surface area (Å²) in [5, 5.41) is 9.22. The summed E-state index contributed by atoms with van der Waals surface area (Å²) >= 11 is 0. The van der Waals surface area contributed by atoms with E-state index in [1.807, 2.05) is 24.3 Å². The first kappa shape index (κ1) is 16.7. The lowest BCUT2D eigenvalue weighted by Crippen LogP contribution is -2.34. The number of aromatic carboxylic acids is 1. The Kier molecular flexibility index (Phi) is 4.43. The predicted octanol–water partition coefficient (Wildman–Crippen LogP) is 2.48. The molecule has 3 rings (SSSR count). The van der Waals surface area contributed by atoms with Crippen molar-refractivity contribution in [2.75, 3.05) is 13.1 Å². The van der Waals surface area contributed by atoms with Crippen molar-refractivity contribution in [2.24, 2.45) is 0 Å². The molecule has 0 bridgehead atoms. The number of rotatable bonds is 3. The van der Waals surface area contributed by atoms with Gasteiger partial charge in [-0.25, -0.2) is 13.2 Å². The van der Waals surface area contributed by atoms with Crippen LogP contribution in [0.3, 0.4) is 0 Å². The molecule has 1 aliphatic heterocycles. The highest BCUT2D eigenvalue weighted by Gasteiger charge is 2.29. The van der Waals surface area contributed by atoms with Crippen molar-refractivity contribution in [3.05, 3.63) is 64.7 Å². The number of hydrogen-bond acceptors (Lipinski definition) is 3. The summed E-state index contributed by atoms with van der Waals surface area (Å²) in [6.45, 7) is 2.34. The molecule has 0 aromatic heterocycles. The topological polar surface area (TPSA) is 74.7 Å². The first-order valence-electron chi connectivity index (χ1n) is 7.81. The summed E-state index contributed by atoms with van der Waals surface area (Å²) in [6.07, 6.45) is 1.32. The third-order valence-electron chi connectivity index (χ3n) is 4.51. The molecule has 2 aromatic carbocycles. The van der Waals surface area contributed by atoms with Gasteiger partial charge in [0, 0.05) is 13.1 Å². The number of sulfonamides is 1. The van der Waals surface area contributed by atoms with E-state index in [0.717, 1.165) is 0 Å². The minimum atomic E-state index is -3.72. The van der Waals surface area contributed by atoms with E-state index in [9.17, 15) is 18.3 Å². The zero-order chi connectivity index (χ0) is 17.3. The van der Waals surface area contributed by atoms with Crippen LogP contribution in [0.2, 0.25) is 0 Å². The molecule has 0 saturated carbocycles. The Labute approximate surface area is 141 Å². The molecular weight excluding hydrogens is 326 g/mol. The van der Waals surface area contributed by atoms with Gasteiger partial charge in [-0.05, 0) is 48.6 Å². The lowest BCUT2D eigenvalue weighted by Gasteiger charge is -2.21. The number of fused-ring (bicyclic) bond motifs is 1. The Morgan fingerprint density at radius 1 is 1.00 bits per heavy atom. The summed E-state index contributed by atoms with van der Waals surface area (Å²) in [7, 11) is -3.72. The molecule has 1 N–H and O–H groups in total. The highest BCUT2D eigenvalue weighted by Crippen LogP contribution is 2.25. The van der Waals surface area contributed by atoms with Crippen LogP contribution in [0.5, 0.6) is 0 Å². The molecular formula is C18H19NO4S. The molecule has 0 unspecified atom stereocenters. The minimum absolute atomic E-state index is 0.0224. The van der Waals surface area contributed by atoms with Crippen LogP contribution in [-0.2, 0) is 22.9 Å². The second-order valence-electron chi connectivity index (χ2n) is 5.91. The number of carbonyl (C=O) groups is 1. The van der Waals surface area contributed by atoms with Gasteiger partial charge in [-0.2, -0.15) is 4.31 Å². The Morgan fingerprint density at radius 3 is 2.12 bits per heavy atom. The first-order chi connectivity index (χ1) is 11.4. The van der Waals surface area contributed by atoms with Gasteiger partial charge < -0.3 is 5.11 Å². The van der Waals surface area contributed by atoms with Gasteiger partial charge in [-0.1, -0.05) is 30.3 Å². The van der Waals surface area contributed by atoms with Crippen LogP contribution in [0.4, 0.5) is 0 Å². The third-order valence-corrected chi connectivity index (χ3v) is 6.55. The van der Waals surface area contributed by atoms with E-state index in [1.165, 1.54) is 33.6 Å². The number of nitrogens with zero attached hydrogens (tertiary/aromatic N) is 1. The Balaban J connectivity index is 1.95. The number of benzene rings is 2. The van der Waals surface area contributed by atoms with Gasteiger partial charge in [0.2, 0.25) is 10.0 Å². The van der Waals surface area contributed by atoms with Gasteiger partial charge in [-0.3, -0.25) is 0 Å². The van der Waals surface area contributed by atoms with Gasteiger partial charge in [0.05, 0.1) is 10.5 Å². The summed E-state index contributed by atoms with van der Waals surface area (Å²) < 4.78 is 27.5. The largest absolute Gasteiger partial charge is 0.478 e. The zero-order valence-corrected chi connectivity index (χ0v) is 14.2. The maximum absolute atomic E-state index is 13.0.